The second-order valence-electron chi connectivity index (χ2n) is 2.57. The summed E-state index contributed by atoms with van der Waals surface area (Å²) < 4.78 is 0. The minimum absolute atomic E-state index is 0.188. The van der Waals surface area contributed by atoms with Crippen LogP contribution in [0.25, 0.3) is 0 Å². The number of nitrogens with two attached hydrogens (primary N) is 1. The van der Waals surface area contributed by atoms with E-state index in [0.717, 1.165) is 19.3 Å². The first kappa shape index (κ1) is 9.63. The summed E-state index contributed by atoms with van der Waals surface area (Å²) in [7, 11) is 0. The van der Waals surface area contributed by atoms with Gasteiger partial charge < -0.3 is 5.73 Å². The quantitative estimate of drug-likeness (QED) is 0.633. The predicted octanol–water partition coefficient (Wildman–Crippen LogP) is 1.48. The molecular weight excluding hydrogens is 126 g/mol. The normalized spacial score (nSPS) is 13.1. The third-order valence-electron chi connectivity index (χ3n) is 1.63. The number of carbonyl (C=O) groups excluding carboxylic acids is 1. The molecule has 0 aromatic rings. The van der Waals surface area contributed by atoms with E-state index in [4.69, 9.17) is 5.73 Å². The Balaban J connectivity index is 3.41. The fourth-order valence-corrected chi connectivity index (χ4v) is 0.847. The van der Waals surface area contributed by atoms with Gasteiger partial charge in [0.05, 0.1) is 6.04 Å². The van der Waals surface area contributed by atoms with Crippen molar-refractivity contribution in [3.05, 3.63) is 0 Å². The minimum atomic E-state index is -0.204. The summed E-state index contributed by atoms with van der Waals surface area (Å²) in [6.07, 6.45) is 3.60. The molecule has 0 aliphatic heterocycles. The van der Waals surface area contributed by atoms with Crippen LogP contribution in [0.2, 0.25) is 0 Å². The molecule has 0 aliphatic carbocycles. The largest absolute Gasteiger partial charge is 0.322 e. The lowest BCUT2D eigenvalue weighted by Gasteiger charge is -2.06. The maximum Gasteiger partial charge on any atom is 0.149 e. The maximum atomic E-state index is 10.9. The van der Waals surface area contributed by atoms with Crippen LogP contribution in [0, 0.1) is 0 Å². The van der Waals surface area contributed by atoms with Gasteiger partial charge in [-0.05, 0) is 6.42 Å². The van der Waals surface area contributed by atoms with E-state index in [1.165, 1.54) is 0 Å². The van der Waals surface area contributed by atoms with Crippen LogP contribution in [0.3, 0.4) is 0 Å². The van der Waals surface area contributed by atoms with Crippen LogP contribution in [0.5, 0.6) is 0 Å². The lowest BCUT2D eigenvalue weighted by molar-refractivity contribution is -0.120. The Hall–Kier alpha value is -0.370. The second kappa shape index (κ2) is 5.42. The predicted molar refractivity (Wildman–Crippen MR) is 42.8 cm³/mol. The monoisotopic (exact) mass is 143 g/mol. The van der Waals surface area contributed by atoms with E-state index in [9.17, 15) is 4.79 Å². The van der Waals surface area contributed by atoms with Crippen molar-refractivity contribution in [2.75, 3.05) is 0 Å². The van der Waals surface area contributed by atoms with Gasteiger partial charge in [-0.2, -0.15) is 0 Å². The lowest BCUT2D eigenvalue weighted by atomic mass is 10.1. The summed E-state index contributed by atoms with van der Waals surface area (Å²) in [5, 5.41) is 0. The van der Waals surface area contributed by atoms with Gasteiger partial charge in [0.1, 0.15) is 5.78 Å². The van der Waals surface area contributed by atoms with Gasteiger partial charge >= 0.3 is 0 Å². The molecule has 60 valence electrons. The summed E-state index contributed by atoms with van der Waals surface area (Å²) in [6, 6.07) is -0.204. The smallest absolute Gasteiger partial charge is 0.149 e. The van der Waals surface area contributed by atoms with E-state index in [1.807, 2.05) is 6.92 Å². The average molecular weight is 143 g/mol. The summed E-state index contributed by atoms with van der Waals surface area (Å²) >= 11 is 0. The molecule has 0 bridgehead atoms. The fourth-order valence-electron chi connectivity index (χ4n) is 0.847. The number of hydrogen-bond donors (Lipinski definition) is 1. The van der Waals surface area contributed by atoms with Crippen molar-refractivity contribution < 1.29 is 4.79 Å². The van der Waals surface area contributed by atoms with Gasteiger partial charge in [0, 0.05) is 6.42 Å². The average Bonchev–Trinajstić information content (AvgIpc) is 1.98. The Kier molecular flexibility index (Phi) is 5.22. The van der Waals surface area contributed by atoms with Crippen molar-refractivity contribution in [3.63, 3.8) is 0 Å². The Morgan fingerprint density at radius 3 is 2.50 bits per heavy atom. The molecule has 0 aromatic heterocycles. The number of carbonyl (C=O) groups is 1. The highest BCUT2D eigenvalue weighted by atomic mass is 16.1. The summed E-state index contributed by atoms with van der Waals surface area (Å²) in [5.74, 6) is 0.188. The fraction of sp³-hybridized carbons (Fsp3) is 0.875. The Morgan fingerprint density at radius 2 is 2.10 bits per heavy atom. The summed E-state index contributed by atoms with van der Waals surface area (Å²) in [5.41, 5.74) is 5.56. The molecule has 10 heavy (non-hydrogen) atoms. The molecule has 0 unspecified atom stereocenters. The molecule has 0 heterocycles. The van der Waals surface area contributed by atoms with E-state index < -0.39 is 0 Å². The standard InChI is InChI=1S/C8H17NO/c1-3-5-6-7(9)8(10)4-2/h7H,3-6,9H2,1-2H3/t7-/m1/s1. The zero-order chi connectivity index (χ0) is 7.98. The third-order valence-corrected chi connectivity index (χ3v) is 1.63. The van der Waals surface area contributed by atoms with E-state index in [2.05, 4.69) is 6.92 Å². The van der Waals surface area contributed by atoms with E-state index in [0.29, 0.717) is 6.42 Å². The van der Waals surface area contributed by atoms with Crippen LogP contribution in [0.4, 0.5) is 0 Å². The molecule has 0 saturated heterocycles. The molecule has 0 rings (SSSR count). The molecule has 0 spiro atoms. The zero-order valence-corrected chi connectivity index (χ0v) is 6.89. The third kappa shape index (κ3) is 3.62. The van der Waals surface area contributed by atoms with Crippen LogP contribution in [-0.4, -0.2) is 11.8 Å². The van der Waals surface area contributed by atoms with Gasteiger partial charge in [-0.15, -0.1) is 0 Å². The Labute approximate surface area is 62.8 Å². The van der Waals surface area contributed by atoms with E-state index in [1.54, 1.807) is 0 Å². The topological polar surface area (TPSA) is 43.1 Å². The summed E-state index contributed by atoms with van der Waals surface area (Å²) in [4.78, 5) is 10.9. The van der Waals surface area contributed by atoms with Crippen molar-refractivity contribution in [2.45, 2.75) is 45.6 Å². The maximum absolute atomic E-state index is 10.9. The van der Waals surface area contributed by atoms with Gasteiger partial charge in [0.25, 0.3) is 0 Å². The molecule has 0 aromatic carbocycles. The van der Waals surface area contributed by atoms with Gasteiger partial charge in [-0.25, -0.2) is 0 Å². The molecule has 2 heteroatoms. The first-order valence-corrected chi connectivity index (χ1v) is 4.00. The van der Waals surface area contributed by atoms with Gasteiger partial charge in [0.2, 0.25) is 0 Å². The highest BCUT2D eigenvalue weighted by molar-refractivity contribution is 5.83. The lowest BCUT2D eigenvalue weighted by Crippen LogP contribution is -2.29. The molecular formula is C8H17NO. The van der Waals surface area contributed by atoms with Crippen molar-refractivity contribution in [3.8, 4) is 0 Å². The van der Waals surface area contributed by atoms with Gasteiger partial charge in [-0.1, -0.05) is 26.7 Å². The molecule has 0 saturated carbocycles. The molecule has 0 fully saturated rings. The number of Topliss-reactive ketones (excluding diaryl/α,β-unsaturated/α-hetero) is 1. The van der Waals surface area contributed by atoms with Crippen LogP contribution in [0.1, 0.15) is 39.5 Å². The second-order valence-corrected chi connectivity index (χ2v) is 2.57. The van der Waals surface area contributed by atoms with E-state index >= 15 is 0 Å². The number of rotatable bonds is 5. The molecule has 1 atom stereocenters. The molecule has 0 radical (unpaired) electrons. The van der Waals surface area contributed by atoms with Crippen molar-refractivity contribution in [1.29, 1.82) is 0 Å². The highest BCUT2D eigenvalue weighted by Crippen LogP contribution is 2.00. The molecule has 0 amide bonds. The zero-order valence-electron chi connectivity index (χ0n) is 6.89. The Morgan fingerprint density at radius 1 is 1.50 bits per heavy atom. The number of unbranched alkanes of at least 4 members (excludes halogenated alkanes) is 1. The van der Waals surface area contributed by atoms with E-state index in [-0.39, 0.29) is 11.8 Å². The summed E-state index contributed by atoms with van der Waals surface area (Å²) in [6.45, 7) is 3.96. The van der Waals surface area contributed by atoms with Crippen LogP contribution >= 0.6 is 0 Å². The van der Waals surface area contributed by atoms with Gasteiger partial charge in [-0.3, -0.25) is 4.79 Å². The highest BCUT2D eigenvalue weighted by Gasteiger charge is 2.08. The van der Waals surface area contributed by atoms with Crippen molar-refractivity contribution in [1.82, 2.24) is 0 Å². The molecule has 0 aliphatic rings. The SMILES string of the molecule is CCCC[C@@H](N)C(=O)CC. The van der Waals surface area contributed by atoms with Crippen LogP contribution in [-0.2, 0) is 4.79 Å². The van der Waals surface area contributed by atoms with Crippen molar-refractivity contribution >= 4 is 5.78 Å². The van der Waals surface area contributed by atoms with Crippen LogP contribution < -0.4 is 5.73 Å². The van der Waals surface area contributed by atoms with Crippen LogP contribution in [0.15, 0.2) is 0 Å². The molecule has 2 N–H and O–H groups in total. The number of hydrogen-bond acceptors (Lipinski definition) is 2. The number of ketones is 1. The van der Waals surface area contributed by atoms with Crippen molar-refractivity contribution in [2.24, 2.45) is 5.73 Å². The first-order chi connectivity index (χ1) is 4.72. The Bertz CT molecular complexity index is 101. The molecule has 2 nitrogen and oxygen atoms in total. The minimum Gasteiger partial charge on any atom is -0.322 e. The van der Waals surface area contributed by atoms with Gasteiger partial charge in [0.15, 0.2) is 0 Å². The first-order valence-electron chi connectivity index (χ1n) is 4.00.